The maximum atomic E-state index is 14.2. The summed E-state index contributed by atoms with van der Waals surface area (Å²) in [6.45, 7) is 1.04. The third-order valence-corrected chi connectivity index (χ3v) is 4.37. The molecule has 1 unspecified atom stereocenters. The van der Waals surface area contributed by atoms with E-state index in [0.29, 0.717) is 23.2 Å². The van der Waals surface area contributed by atoms with Gasteiger partial charge in [-0.3, -0.25) is 10.5 Å². The molecule has 114 valence electrons. The van der Waals surface area contributed by atoms with Gasteiger partial charge in [-0.25, -0.2) is 9.82 Å². The number of halogens is 3. The van der Waals surface area contributed by atoms with Crippen LogP contribution in [0.4, 0.5) is 4.39 Å². The first-order valence-electron chi connectivity index (χ1n) is 6.20. The summed E-state index contributed by atoms with van der Waals surface area (Å²) in [6.07, 6.45) is 1.66. The average Bonchev–Trinajstić information content (AvgIpc) is 2.82. The lowest BCUT2D eigenvalue weighted by atomic mass is 10.0. The summed E-state index contributed by atoms with van der Waals surface area (Å²) in [5, 5.41) is 4.26. The Morgan fingerprint density at radius 1 is 1.43 bits per heavy atom. The molecule has 0 bridgehead atoms. The van der Waals surface area contributed by atoms with Crippen LogP contribution in [-0.4, -0.2) is 23.5 Å². The number of aromatic nitrogens is 2. The maximum absolute atomic E-state index is 14.2. The molecule has 0 saturated carbocycles. The summed E-state index contributed by atoms with van der Waals surface area (Å²) in [7, 11) is 1.62. The van der Waals surface area contributed by atoms with Crippen molar-refractivity contribution in [2.75, 3.05) is 13.7 Å². The molecule has 3 N–H and O–H groups in total. The zero-order valence-corrected chi connectivity index (χ0v) is 14.5. The molecule has 8 heteroatoms. The summed E-state index contributed by atoms with van der Waals surface area (Å²) in [4.78, 5) is 0. The molecular formula is C13H15Br2FN4O. The number of methoxy groups -OCH3 is 1. The SMILES string of the molecule is COCCn1ncc(Br)c1C(NN)c1c(F)cccc1Br. The highest BCUT2D eigenvalue weighted by Crippen LogP contribution is 2.33. The second-order valence-corrected chi connectivity index (χ2v) is 6.04. The first kappa shape index (κ1) is 16.6. The minimum atomic E-state index is -0.547. The van der Waals surface area contributed by atoms with Gasteiger partial charge in [-0.1, -0.05) is 22.0 Å². The molecule has 0 aliphatic heterocycles. The lowest BCUT2D eigenvalue weighted by molar-refractivity contribution is 0.182. The van der Waals surface area contributed by atoms with Gasteiger partial charge in [-0.05, 0) is 28.1 Å². The van der Waals surface area contributed by atoms with Crippen LogP contribution in [0.2, 0.25) is 0 Å². The Bertz CT molecular complexity index is 600. The van der Waals surface area contributed by atoms with Crippen LogP contribution in [0, 0.1) is 5.82 Å². The first-order valence-corrected chi connectivity index (χ1v) is 7.79. The molecule has 2 rings (SSSR count). The maximum Gasteiger partial charge on any atom is 0.129 e. The number of benzene rings is 1. The van der Waals surface area contributed by atoms with Crippen molar-refractivity contribution in [1.29, 1.82) is 0 Å². The molecule has 21 heavy (non-hydrogen) atoms. The van der Waals surface area contributed by atoms with Crippen LogP contribution in [-0.2, 0) is 11.3 Å². The second-order valence-electron chi connectivity index (χ2n) is 4.33. The predicted molar refractivity (Wildman–Crippen MR) is 85.1 cm³/mol. The van der Waals surface area contributed by atoms with Gasteiger partial charge in [-0.2, -0.15) is 5.10 Å². The molecule has 0 amide bonds. The van der Waals surface area contributed by atoms with Gasteiger partial charge in [-0.15, -0.1) is 0 Å². The fraction of sp³-hybridized carbons (Fsp3) is 0.308. The van der Waals surface area contributed by atoms with Crippen molar-refractivity contribution < 1.29 is 9.13 Å². The van der Waals surface area contributed by atoms with Crippen molar-refractivity contribution in [3.63, 3.8) is 0 Å². The number of ether oxygens (including phenoxy) is 1. The summed E-state index contributed by atoms with van der Waals surface area (Å²) in [5.41, 5.74) is 3.83. The van der Waals surface area contributed by atoms with E-state index in [2.05, 4.69) is 42.4 Å². The molecule has 0 aliphatic carbocycles. The van der Waals surface area contributed by atoms with Crippen molar-refractivity contribution in [2.24, 2.45) is 5.84 Å². The van der Waals surface area contributed by atoms with Gasteiger partial charge in [0, 0.05) is 17.1 Å². The van der Waals surface area contributed by atoms with Gasteiger partial charge >= 0.3 is 0 Å². The summed E-state index contributed by atoms with van der Waals surface area (Å²) >= 11 is 6.81. The molecule has 0 radical (unpaired) electrons. The number of hydrazine groups is 1. The highest BCUT2D eigenvalue weighted by molar-refractivity contribution is 9.10. The summed E-state index contributed by atoms with van der Waals surface area (Å²) < 4.78 is 22.4. The molecule has 5 nitrogen and oxygen atoms in total. The molecule has 1 aromatic carbocycles. The monoisotopic (exact) mass is 420 g/mol. The molecule has 1 heterocycles. The van der Waals surface area contributed by atoms with Crippen LogP contribution in [0.3, 0.4) is 0 Å². The fourth-order valence-electron chi connectivity index (χ4n) is 2.10. The number of rotatable bonds is 6. The molecule has 1 aromatic heterocycles. The third kappa shape index (κ3) is 3.51. The summed E-state index contributed by atoms with van der Waals surface area (Å²) in [5.74, 6) is 5.32. The van der Waals surface area contributed by atoms with Crippen LogP contribution in [0.15, 0.2) is 33.3 Å². The van der Waals surface area contributed by atoms with E-state index in [0.717, 1.165) is 10.2 Å². The van der Waals surface area contributed by atoms with Crippen LogP contribution in [0.5, 0.6) is 0 Å². The standard InChI is InChI=1S/C13H15Br2FN4O/c1-21-6-5-20-13(9(15)7-18-20)12(19-17)11-8(14)3-2-4-10(11)16/h2-4,7,12,19H,5-6,17H2,1H3. The molecule has 1 atom stereocenters. The van der Waals surface area contributed by atoms with E-state index in [1.54, 1.807) is 30.1 Å². The van der Waals surface area contributed by atoms with E-state index < -0.39 is 6.04 Å². The lowest BCUT2D eigenvalue weighted by Crippen LogP contribution is -2.32. The van der Waals surface area contributed by atoms with Crippen LogP contribution in [0.1, 0.15) is 17.3 Å². The smallest absolute Gasteiger partial charge is 0.129 e. The van der Waals surface area contributed by atoms with Gasteiger partial charge in [0.25, 0.3) is 0 Å². The van der Waals surface area contributed by atoms with E-state index in [-0.39, 0.29) is 5.82 Å². The van der Waals surface area contributed by atoms with E-state index >= 15 is 0 Å². The minimum Gasteiger partial charge on any atom is -0.383 e. The average molecular weight is 422 g/mol. The molecular weight excluding hydrogens is 407 g/mol. The Morgan fingerprint density at radius 2 is 2.19 bits per heavy atom. The van der Waals surface area contributed by atoms with Crippen molar-refractivity contribution in [3.8, 4) is 0 Å². The minimum absolute atomic E-state index is 0.348. The van der Waals surface area contributed by atoms with Crippen LogP contribution >= 0.6 is 31.9 Å². The Morgan fingerprint density at radius 3 is 2.81 bits per heavy atom. The van der Waals surface area contributed by atoms with E-state index in [1.807, 2.05) is 0 Å². The van der Waals surface area contributed by atoms with Gasteiger partial charge in [0.05, 0.1) is 35.6 Å². The van der Waals surface area contributed by atoms with Crippen molar-refractivity contribution >= 4 is 31.9 Å². The molecule has 0 aliphatic rings. The van der Waals surface area contributed by atoms with Gasteiger partial charge < -0.3 is 4.74 Å². The van der Waals surface area contributed by atoms with Crippen LogP contribution < -0.4 is 11.3 Å². The normalized spacial score (nSPS) is 12.6. The Balaban J connectivity index is 2.49. The van der Waals surface area contributed by atoms with E-state index in [4.69, 9.17) is 10.6 Å². The molecule has 0 spiro atoms. The largest absolute Gasteiger partial charge is 0.383 e. The summed E-state index contributed by atoms with van der Waals surface area (Å²) in [6, 6.07) is 4.25. The predicted octanol–water partition coefficient (Wildman–Crippen LogP) is 2.75. The number of nitrogens with zero attached hydrogens (tertiary/aromatic N) is 2. The van der Waals surface area contributed by atoms with Gasteiger partial charge in [0.1, 0.15) is 5.82 Å². The fourth-order valence-corrected chi connectivity index (χ4v) is 3.20. The van der Waals surface area contributed by atoms with Crippen molar-refractivity contribution in [3.05, 3.63) is 50.4 Å². The Kier molecular flexibility index (Phi) is 5.88. The molecule has 0 fully saturated rings. The number of hydrogen-bond acceptors (Lipinski definition) is 4. The highest BCUT2D eigenvalue weighted by Gasteiger charge is 2.25. The van der Waals surface area contributed by atoms with Crippen molar-refractivity contribution in [1.82, 2.24) is 15.2 Å². The molecule has 0 saturated heterocycles. The second kappa shape index (κ2) is 7.46. The zero-order valence-electron chi connectivity index (χ0n) is 11.3. The van der Waals surface area contributed by atoms with E-state index in [9.17, 15) is 4.39 Å². The van der Waals surface area contributed by atoms with Gasteiger partial charge in [0.2, 0.25) is 0 Å². The first-order chi connectivity index (χ1) is 10.1. The quantitative estimate of drug-likeness (QED) is 0.556. The highest BCUT2D eigenvalue weighted by atomic mass is 79.9. The van der Waals surface area contributed by atoms with Crippen LogP contribution in [0.25, 0.3) is 0 Å². The zero-order chi connectivity index (χ0) is 15.4. The number of nitrogens with two attached hydrogens (primary N) is 1. The Hall–Kier alpha value is -0.800. The lowest BCUT2D eigenvalue weighted by Gasteiger charge is -2.20. The van der Waals surface area contributed by atoms with Crippen molar-refractivity contribution in [2.45, 2.75) is 12.6 Å². The molecule has 2 aromatic rings. The number of nitrogens with one attached hydrogen (secondary N) is 1. The Labute approximate surface area is 138 Å². The van der Waals surface area contributed by atoms with Gasteiger partial charge in [0.15, 0.2) is 0 Å². The number of hydrogen-bond donors (Lipinski definition) is 2. The van der Waals surface area contributed by atoms with E-state index in [1.165, 1.54) is 6.07 Å². The third-order valence-electron chi connectivity index (χ3n) is 3.07. The topological polar surface area (TPSA) is 65.1 Å².